The van der Waals surface area contributed by atoms with Crippen molar-refractivity contribution in [2.45, 2.75) is 25.8 Å². The first-order valence-electron chi connectivity index (χ1n) is 5.23. The lowest BCUT2D eigenvalue weighted by Crippen LogP contribution is -2.17. The minimum Gasteiger partial charge on any atom is -0.313 e. The summed E-state index contributed by atoms with van der Waals surface area (Å²) in [5.41, 5.74) is 2.17. The third-order valence-corrected chi connectivity index (χ3v) is 2.62. The summed E-state index contributed by atoms with van der Waals surface area (Å²) in [6.45, 7) is 5.65. The van der Waals surface area contributed by atoms with Crippen LogP contribution in [0.3, 0.4) is 0 Å². The maximum atomic E-state index is 12.9. The van der Waals surface area contributed by atoms with Crippen molar-refractivity contribution in [1.82, 2.24) is 5.32 Å². The maximum absolute atomic E-state index is 12.9. The van der Waals surface area contributed by atoms with E-state index >= 15 is 0 Å². The largest absolute Gasteiger partial charge is 0.313 e. The quantitative estimate of drug-likeness (QED) is 0.730. The summed E-state index contributed by atoms with van der Waals surface area (Å²) in [6, 6.07) is 5.23. The van der Waals surface area contributed by atoms with Crippen LogP contribution in [0.2, 0.25) is 0 Å². The van der Waals surface area contributed by atoms with E-state index < -0.39 is 0 Å². The fraction of sp³-hybridized carbons (Fsp3) is 0.385. The van der Waals surface area contributed by atoms with Crippen molar-refractivity contribution in [2.75, 3.05) is 7.05 Å². The third kappa shape index (κ3) is 3.17. The fourth-order valence-electron chi connectivity index (χ4n) is 1.77. The zero-order valence-corrected chi connectivity index (χ0v) is 9.39. The molecule has 1 nitrogen and oxygen atoms in total. The van der Waals surface area contributed by atoms with Gasteiger partial charge in [0.05, 0.1) is 0 Å². The molecule has 1 rings (SSSR count). The Morgan fingerprint density at radius 1 is 1.53 bits per heavy atom. The highest BCUT2D eigenvalue weighted by atomic mass is 19.1. The SMILES string of the molecule is C=CCCC(NC)c1ccc(F)cc1C. The molecule has 0 aliphatic rings. The molecule has 0 amide bonds. The molecule has 1 aromatic carbocycles. The van der Waals surface area contributed by atoms with Crippen molar-refractivity contribution < 1.29 is 4.39 Å². The zero-order valence-electron chi connectivity index (χ0n) is 9.39. The number of halogens is 1. The number of hydrogen-bond donors (Lipinski definition) is 1. The molecule has 0 saturated heterocycles. The number of aryl methyl sites for hydroxylation is 1. The Labute approximate surface area is 91.0 Å². The molecule has 1 N–H and O–H groups in total. The van der Waals surface area contributed by atoms with Gasteiger partial charge in [0.2, 0.25) is 0 Å². The summed E-state index contributed by atoms with van der Waals surface area (Å²) in [5, 5.41) is 3.24. The normalized spacial score (nSPS) is 12.5. The van der Waals surface area contributed by atoms with E-state index in [-0.39, 0.29) is 11.9 Å². The van der Waals surface area contributed by atoms with Crippen molar-refractivity contribution in [1.29, 1.82) is 0 Å². The predicted octanol–water partition coefficient (Wildman–Crippen LogP) is 3.36. The van der Waals surface area contributed by atoms with Gasteiger partial charge in [-0.3, -0.25) is 0 Å². The molecular weight excluding hydrogens is 189 g/mol. The first-order chi connectivity index (χ1) is 7.19. The molecule has 0 saturated carbocycles. The van der Waals surface area contributed by atoms with Gasteiger partial charge < -0.3 is 5.32 Å². The Morgan fingerprint density at radius 3 is 2.80 bits per heavy atom. The van der Waals surface area contributed by atoms with Crippen LogP contribution in [-0.2, 0) is 0 Å². The van der Waals surface area contributed by atoms with Crippen LogP contribution in [0.25, 0.3) is 0 Å². The van der Waals surface area contributed by atoms with Gasteiger partial charge in [-0.2, -0.15) is 0 Å². The first kappa shape index (κ1) is 11.9. The van der Waals surface area contributed by atoms with Crippen molar-refractivity contribution >= 4 is 0 Å². The summed E-state index contributed by atoms with van der Waals surface area (Å²) in [6.07, 6.45) is 3.86. The van der Waals surface area contributed by atoms with E-state index in [1.807, 2.05) is 26.1 Å². The van der Waals surface area contributed by atoms with Gasteiger partial charge in [0.1, 0.15) is 5.82 Å². The maximum Gasteiger partial charge on any atom is 0.123 e. The van der Waals surface area contributed by atoms with Crippen molar-refractivity contribution in [3.63, 3.8) is 0 Å². The summed E-state index contributed by atoms with van der Waals surface area (Å²) in [4.78, 5) is 0. The molecule has 1 atom stereocenters. The predicted molar refractivity (Wildman–Crippen MR) is 62.4 cm³/mol. The average Bonchev–Trinajstić information content (AvgIpc) is 2.21. The standard InChI is InChI=1S/C13H18FN/c1-4-5-6-13(15-3)12-8-7-11(14)9-10(12)2/h4,7-9,13,15H,1,5-6H2,2-3H3. The van der Waals surface area contributed by atoms with E-state index in [0.29, 0.717) is 0 Å². The van der Waals surface area contributed by atoms with Crippen LogP contribution >= 0.6 is 0 Å². The molecule has 2 heteroatoms. The van der Waals surface area contributed by atoms with Gasteiger partial charge in [0.25, 0.3) is 0 Å². The Hall–Kier alpha value is -1.15. The molecule has 82 valence electrons. The van der Waals surface area contributed by atoms with Crippen LogP contribution in [-0.4, -0.2) is 7.05 Å². The van der Waals surface area contributed by atoms with Gasteiger partial charge in [0, 0.05) is 6.04 Å². The minimum absolute atomic E-state index is 0.171. The van der Waals surface area contributed by atoms with Crippen molar-refractivity contribution in [3.8, 4) is 0 Å². The van der Waals surface area contributed by atoms with Crippen molar-refractivity contribution in [2.24, 2.45) is 0 Å². The average molecular weight is 207 g/mol. The second kappa shape index (κ2) is 5.66. The van der Waals surface area contributed by atoms with Gasteiger partial charge in [-0.15, -0.1) is 6.58 Å². The number of nitrogens with one attached hydrogen (secondary N) is 1. The number of allylic oxidation sites excluding steroid dienone is 1. The monoisotopic (exact) mass is 207 g/mol. The number of hydrogen-bond acceptors (Lipinski definition) is 1. The highest BCUT2D eigenvalue weighted by Gasteiger charge is 2.10. The highest BCUT2D eigenvalue weighted by molar-refractivity contribution is 5.29. The second-order valence-electron chi connectivity index (χ2n) is 3.71. The molecule has 0 fully saturated rings. The second-order valence-corrected chi connectivity index (χ2v) is 3.71. The molecule has 0 aliphatic heterocycles. The van der Waals surface area contributed by atoms with Crippen LogP contribution in [0.1, 0.15) is 30.0 Å². The summed E-state index contributed by atoms with van der Waals surface area (Å²) in [5.74, 6) is -0.171. The summed E-state index contributed by atoms with van der Waals surface area (Å²) < 4.78 is 12.9. The van der Waals surface area contributed by atoms with Gasteiger partial charge >= 0.3 is 0 Å². The van der Waals surface area contributed by atoms with Gasteiger partial charge in [-0.25, -0.2) is 4.39 Å². The van der Waals surface area contributed by atoms with Crippen molar-refractivity contribution in [3.05, 3.63) is 47.8 Å². The van der Waals surface area contributed by atoms with Gasteiger partial charge in [-0.05, 0) is 50.1 Å². The Balaban J connectivity index is 2.86. The van der Waals surface area contributed by atoms with Crippen LogP contribution in [0.4, 0.5) is 4.39 Å². The number of benzene rings is 1. The zero-order chi connectivity index (χ0) is 11.3. The molecule has 0 spiro atoms. The van der Waals surface area contributed by atoms with E-state index in [9.17, 15) is 4.39 Å². The highest BCUT2D eigenvalue weighted by Crippen LogP contribution is 2.22. The number of rotatable bonds is 5. The summed E-state index contributed by atoms with van der Waals surface area (Å²) in [7, 11) is 1.93. The van der Waals surface area contributed by atoms with Crippen LogP contribution in [0.15, 0.2) is 30.9 Å². The first-order valence-corrected chi connectivity index (χ1v) is 5.23. The molecule has 0 aromatic heterocycles. The van der Waals surface area contributed by atoms with Crippen LogP contribution in [0.5, 0.6) is 0 Å². The van der Waals surface area contributed by atoms with E-state index in [1.165, 1.54) is 11.6 Å². The molecule has 0 aliphatic carbocycles. The lowest BCUT2D eigenvalue weighted by Gasteiger charge is -2.18. The molecule has 0 heterocycles. The molecule has 1 unspecified atom stereocenters. The lowest BCUT2D eigenvalue weighted by atomic mass is 9.97. The minimum atomic E-state index is -0.171. The van der Waals surface area contributed by atoms with Crippen LogP contribution < -0.4 is 5.32 Å². The topological polar surface area (TPSA) is 12.0 Å². The van der Waals surface area contributed by atoms with E-state index in [4.69, 9.17) is 0 Å². The summed E-state index contributed by atoms with van der Waals surface area (Å²) >= 11 is 0. The lowest BCUT2D eigenvalue weighted by molar-refractivity contribution is 0.549. The Morgan fingerprint density at radius 2 is 2.27 bits per heavy atom. The smallest absolute Gasteiger partial charge is 0.123 e. The van der Waals surface area contributed by atoms with E-state index in [1.54, 1.807) is 6.07 Å². The van der Waals surface area contributed by atoms with Gasteiger partial charge in [-0.1, -0.05) is 12.1 Å². The molecule has 0 bridgehead atoms. The van der Waals surface area contributed by atoms with Crippen LogP contribution in [0, 0.1) is 12.7 Å². The molecule has 0 radical (unpaired) electrons. The molecular formula is C13H18FN. The fourth-order valence-corrected chi connectivity index (χ4v) is 1.77. The molecule has 1 aromatic rings. The Bertz CT molecular complexity index is 333. The van der Waals surface area contributed by atoms with Gasteiger partial charge in [0.15, 0.2) is 0 Å². The molecule has 15 heavy (non-hydrogen) atoms. The van der Waals surface area contributed by atoms with E-state index in [2.05, 4.69) is 11.9 Å². The Kier molecular flexibility index (Phi) is 4.50. The third-order valence-electron chi connectivity index (χ3n) is 2.62. The van der Waals surface area contributed by atoms with E-state index in [0.717, 1.165) is 18.4 Å².